The van der Waals surface area contributed by atoms with E-state index in [0.717, 1.165) is 4.31 Å². The molecule has 9 nitrogen and oxygen atoms in total. The molecule has 0 bridgehead atoms. The van der Waals surface area contributed by atoms with Gasteiger partial charge < -0.3 is 18.8 Å². The minimum absolute atomic E-state index is 0.00603. The molecular weight excluding hydrogens is 539 g/mol. The number of fused-ring (bicyclic) bond motifs is 1. The van der Waals surface area contributed by atoms with E-state index < -0.39 is 28.3 Å². The second-order valence-corrected chi connectivity index (χ2v) is 10.9. The summed E-state index contributed by atoms with van der Waals surface area (Å²) in [7, 11) is -1.19. The lowest BCUT2D eigenvalue weighted by molar-refractivity contribution is -0.132. The maximum atomic E-state index is 13.7. The molecule has 0 saturated carbocycles. The zero-order valence-corrected chi connectivity index (χ0v) is 22.9. The highest BCUT2D eigenvalue weighted by atomic mass is 32.2. The van der Waals surface area contributed by atoms with E-state index in [0.29, 0.717) is 22.3 Å². The van der Waals surface area contributed by atoms with Crippen LogP contribution in [-0.4, -0.2) is 57.4 Å². The lowest BCUT2D eigenvalue weighted by atomic mass is 10.1. The number of amides is 1. The van der Waals surface area contributed by atoms with E-state index in [9.17, 15) is 22.4 Å². The van der Waals surface area contributed by atoms with Gasteiger partial charge in [-0.15, -0.1) is 0 Å². The molecule has 1 aromatic heterocycles. The fourth-order valence-corrected chi connectivity index (χ4v) is 5.47. The van der Waals surface area contributed by atoms with Gasteiger partial charge in [0.25, 0.3) is 0 Å². The van der Waals surface area contributed by atoms with E-state index in [4.69, 9.17) is 13.9 Å². The Morgan fingerprint density at radius 1 is 0.950 bits per heavy atom. The Morgan fingerprint density at radius 3 is 2.33 bits per heavy atom. The number of hydrogen-bond acceptors (Lipinski definition) is 7. The Bertz CT molecular complexity index is 1620. The van der Waals surface area contributed by atoms with E-state index in [-0.39, 0.29) is 42.1 Å². The Labute approximate surface area is 231 Å². The van der Waals surface area contributed by atoms with Crippen LogP contribution in [0.1, 0.15) is 11.1 Å². The lowest BCUT2D eigenvalue weighted by Gasteiger charge is -2.27. The average molecular weight is 569 g/mol. The van der Waals surface area contributed by atoms with Crippen molar-refractivity contribution in [2.24, 2.45) is 0 Å². The Hall–Kier alpha value is -4.06. The molecule has 0 aliphatic heterocycles. The molecule has 0 atom stereocenters. The van der Waals surface area contributed by atoms with Crippen LogP contribution < -0.4 is 10.2 Å². The number of ether oxygens (including phenoxy) is 2. The summed E-state index contributed by atoms with van der Waals surface area (Å²) < 4.78 is 57.4. The summed E-state index contributed by atoms with van der Waals surface area (Å²) in [6.07, 6.45) is 1.30. The molecule has 40 heavy (non-hydrogen) atoms. The highest BCUT2D eigenvalue weighted by Crippen LogP contribution is 2.21. The predicted octanol–water partition coefficient (Wildman–Crippen LogP) is 3.81. The first-order chi connectivity index (χ1) is 19.2. The van der Waals surface area contributed by atoms with Gasteiger partial charge in [-0.1, -0.05) is 24.3 Å². The number of halogens is 1. The molecule has 0 radical (unpaired) electrons. The van der Waals surface area contributed by atoms with Crippen molar-refractivity contribution in [1.29, 1.82) is 0 Å². The molecule has 0 spiro atoms. The van der Waals surface area contributed by atoms with Crippen molar-refractivity contribution in [3.8, 4) is 5.75 Å². The van der Waals surface area contributed by atoms with Gasteiger partial charge in [0.2, 0.25) is 15.9 Å². The summed E-state index contributed by atoms with van der Waals surface area (Å²) in [5.74, 6) is -0.517. The van der Waals surface area contributed by atoms with E-state index in [1.165, 1.54) is 73.9 Å². The van der Waals surface area contributed by atoms with Crippen LogP contribution in [0, 0.1) is 5.82 Å². The van der Waals surface area contributed by atoms with Crippen molar-refractivity contribution >= 4 is 26.9 Å². The fourth-order valence-electron chi connectivity index (χ4n) is 4.10. The molecule has 0 unspecified atom stereocenters. The fraction of sp³-hybridized carbons (Fsp3) is 0.241. The third kappa shape index (κ3) is 6.74. The Morgan fingerprint density at radius 2 is 1.65 bits per heavy atom. The second kappa shape index (κ2) is 12.9. The van der Waals surface area contributed by atoms with Gasteiger partial charge in [-0.25, -0.2) is 12.8 Å². The maximum Gasteiger partial charge on any atom is 0.243 e. The summed E-state index contributed by atoms with van der Waals surface area (Å²) in [5, 5.41) is 0.359. The van der Waals surface area contributed by atoms with Gasteiger partial charge >= 0.3 is 0 Å². The lowest BCUT2D eigenvalue weighted by Crippen LogP contribution is -2.44. The predicted molar refractivity (Wildman–Crippen MR) is 147 cm³/mol. The number of para-hydroxylation sites is 1. The number of carbonyl (C=O) groups excluding carboxylic acids is 1. The highest BCUT2D eigenvalue weighted by Gasteiger charge is 2.29. The monoisotopic (exact) mass is 568 g/mol. The van der Waals surface area contributed by atoms with Crippen LogP contribution in [0.3, 0.4) is 0 Å². The molecule has 4 aromatic rings. The molecule has 11 heteroatoms. The number of benzene rings is 3. The zero-order valence-electron chi connectivity index (χ0n) is 22.1. The molecule has 210 valence electrons. The average Bonchev–Trinajstić information content (AvgIpc) is 2.97. The molecule has 0 fully saturated rings. The van der Waals surface area contributed by atoms with Crippen LogP contribution >= 0.6 is 0 Å². The maximum absolute atomic E-state index is 13.7. The standard InChI is InChI=1S/C29H29FN2O7S/c1-37-16-15-32(40(35,36)25-13-11-24(38-2)12-14-25)19-28(33)31(17-21-7-9-23(30)10-8-21)18-22-20-39-27-6-4-3-5-26(27)29(22)34/h3-14,20H,15-19H2,1-2H3. The topological polar surface area (TPSA) is 106 Å². The second-order valence-electron chi connectivity index (χ2n) is 8.97. The molecule has 3 aromatic carbocycles. The summed E-state index contributed by atoms with van der Waals surface area (Å²) >= 11 is 0. The Balaban J connectivity index is 1.66. The molecular formula is C29H29FN2O7S. The van der Waals surface area contributed by atoms with Crippen molar-refractivity contribution in [2.45, 2.75) is 18.0 Å². The molecule has 0 N–H and O–H groups in total. The summed E-state index contributed by atoms with van der Waals surface area (Å²) in [5.41, 5.74) is 0.918. The summed E-state index contributed by atoms with van der Waals surface area (Å²) in [4.78, 5) is 28.2. The molecule has 1 amide bonds. The van der Waals surface area contributed by atoms with E-state index >= 15 is 0 Å². The number of hydrogen-bond donors (Lipinski definition) is 0. The molecule has 1 heterocycles. The normalized spacial score (nSPS) is 11.6. The van der Waals surface area contributed by atoms with Crippen LogP contribution in [0.4, 0.5) is 4.39 Å². The summed E-state index contributed by atoms with van der Waals surface area (Å²) in [6, 6.07) is 18.2. The highest BCUT2D eigenvalue weighted by molar-refractivity contribution is 7.89. The van der Waals surface area contributed by atoms with Crippen LogP contribution in [0.15, 0.2) is 93.2 Å². The third-order valence-electron chi connectivity index (χ3n) is 6.31. The smallest absolute Gasteiger partial charge is 0.243 e. The van der Waals surface area contributed by atoms with Crippen LogP contribution in [0.25, 0.3) is 11.0 Å². The minimum Gasteiger partial charge on any atom is -0.497 e. The van der Waals surface area contributed by atoms with Gasteiger partial charge in [0.15, 0.2) is 5.43 Å². The molecule has 4 rings (SSSR count). The first kappa shape index (κ1) is 28.9. The number of sulfonamides is 1. The first-order valence-electron chi connectivity index (χ1n) is 12.4. The van der Waals surface area contributed by atoms with Gasteiger partial charge in [0.05, 0.1) is 48.9 Å². The van der Waals surface area contributed by atoms with Gasteiger partial charge in [-0.05, 0) is 54.1 Å². The Kier molecular flexibility index (Phi) is 9.30. The van der Waals surface area contributed by atoms with Crippen molar-refractivity contribution in [3.63, 3.8) is 0 Å². The van der Waals surface area contributed by atoms with E-state index in [1.807, 2.05) is 0 Å². The van der Waals surface area contributed by atoms with Crippen LogP contribution in [0.2, 0.25) is 0 Å². The van der Waals surface area contributed by atoms with Gasteiger partial charge in [-0.2, -0.15) is 4.31 Å². The van der Waals surface area contributed by atoms with Crippen molar-refractivity contribution in [3.05, 3.63) is 106 Å². The number of carbonyl (C=O) groups is 1. The van der Waals surface area contributed by atoms with Crippen LogP contribution in [0.5, 0.6) is 5.75 Å². The molecule has 0 aliphatic carbocycles. The van der Waals surface area contributed by atoms with Crippen molar-refractivity contribution in [2.75, 3.05) is 33.9 Å². The number of nitrogens with zero attached hydrogens (tertiary/aromatic N) is 2. The number of methoxy groups -OCH3 is 2. The zero-order chi connectivity index (χ0) is 28.7. The third-order valence-corrected chi connectivity index (χ3v) is 8.17. The van der Waals surface area contributed by atoms with E-state index in [2.05, 4.69) is 0 Å². The van der Waals surface area contributed by atoms with Crippen molar-refractivity contribution in [1.82, 2.24) is 9.21 Å². The van der Waals surface area contributed by atoms with E-state index in [1.54, 1.807) is 24.3 Å². The number of rotatable bonds is 12. The molecule has 0 saturated heterocycles. The SMILES string of the molecule is COCCN(CC(=O)N(Cc1ccc(F)cc1)Cc1coc2ccccc2c1=O)S(=O)(=O)c1ccc(OC)cc1. The summed E-state index contributed by atoms with van der Waals surface area (Å²) in [6.45, 7) is -0.692. The molecule has 0 aliphatic rings. The van der Waals surface area contributed by atoms with Gasteiger partial charge in [-0.3, -0.25) is 9.59 Å². The van der Waals surface area contributed by atoms with Gasteiger partial charge in [0.1, 0.15) is 17.1 Å². The quantitative estimate of drug-likeness (QED) is 0.256. The largest absolute Gasteiger partial charge is 0.497 e. The van der Waals surface area contributed by atoms with Gasteiger partial charge in [0, 0.05) is 20.2 Å². The first-order valence-corrected chi connectivity index (χ1v) is 13.8. The van der Waals surface area contributed by atoms with Crippen molar-refractivity contribution < 1.29 is 31.5 Å². The minimum atomic E-state index is -4.09. The van der Waals surface area contributed by atoms with Crippen LogP contribution in [-0.2, 0) is 32.6 Å².